The Labute approximate surface area is 231 Å². The number of nitrogens with zero attached hydrogens (tertiary/aromatic N) is 4. The molecule has 3 aromatic rings. The van der Waals surface area contributed by atoms with E-state index in [1.54, 1.807) is 7.11 Å². The van der Waals surface area contributed by atoms with E-state index in [-0.39, 0.29) is 25.6 Å². The molecule has 0 radical (unpaired) electrons. The van der Waals surface area contributed by atoms with Crippen molar-refractivity contribution >= 4 is 11.7 Å². The minimum absolute atomic E-state index is 0.0109. The monoisotopic (exact) mass is 580 g/mol. The van der Waals surface area contributed by atoms with Crippen LogP contribution in [0.2, 0.25) is 0 Å². The molecule has 0 bridgehead atoms. The third-order valence-electron chi connectivity index (χ3n) is 7.04. The number of amides is 1. The van der Waals surface area contributed by atoms with Crippen LogP contribution in [0.3, 0.4) is 0 Å². The van der Waals surface area contributed by atoms with Crippen LogP contribution in [0.25, 0.3) is 0 Å². The SMILES string of the molecule is COc1ccc(Cc2nc3c(c(N4CCOCC4)n2)CN(C(=O)c2cc(C(F)(F)F)cc(C(F)(F)F)c2)CC3)cc1. The molecule has 5 rings (SSSR count). The van der Waals surface area contributed by atoms with Crippen molar-refractivity contribution in [3.05, 3.63) is 81.8 Å². The standard InChI is InChI=1S/C28H26F6N4O3/c1-40-21-4-2-17(3-5-21)12-24-35-23-6-7-38(16-22(23)25(36-24)37-8-10-41-11-9-37)26(39)18-13-19(27(29,30)31)15-20(14-18)28(32,33)34/h2-5,13-15H,6-12,16H2,1H3. The Bertz CT molecular complexity index is 1390. The largest absolute Gasteiger partial charge is 0.497 e. The van der Waals surface area contributed by atoms with Crippen molar-refractivity contribution in [3.8, 4) is 5.75 Å². The van der Waals surface area contributed by atoms with Gasteiger partial charge in [0.25, 0.3) is 5.91 Å². The van der Waals surface area contributed by atoms with Gasteiger partial charge in [0.1, 0.15) is 17.4 Å². The highest BCUT2D eigenvalue weighted by molar-refractivity contribution is 5.95. The van der Waals surface area contributed by atoms with Crippen molar-refractivity contribution in [3.63, 3.8) is 0 Å². The van der Waals surface area contributed by atoms with Crippen LogP contribution in [0.15, 0.2) is 42.5 Å². The van der Waals surface area contributed by atoms with Crippen LogP contribution in [-0.4, -0.2) is 60.7 Å². The molecular formula is C28H26F6N4O3. The Morgan fingerprint density at radius 1 is 0.927 bits per heavy atom. The highest BCUT2D eigenvalue weighted by atomic mass is 19.4. The molecule has 0 spiro atoms. The van der Waals surface area contributed by atoms with Crippen LogP contribution >= 0.6 is 0 Å². The molecule has 13 heteroatoms. The molecule has 0 aliphatic carbocycles. The topological polar surface area (TPSA) is 67.8 Å². The summed E-state index contributed by atoms with van der Waals surface area (Å²) < 4.78 is 91.1. The maximum atomic E-state index is 13.4. The van der Waals surface area contributed by atoms with E-state index >= 15 is 0 Å². The Morgan fingerprint density at radius 3 is 2.15 bits per heavy atom. The van der Waals surface area contributed by atoms with Gasteiger partial charge in [0.05, 0.1) is 43.7 Å². The molecule has 0 unspecified atom stereocenters. The summed E-state index contributed by atoms with van der Waals surface area (Å²) in [6.45, 7) is 2.00. The molecule has 41 heavy (non-hydrogen) atoms. The van der Waals surface area contributed by atoms with Gasteiger partial charge in [-0.3, -0.25) is 4.79 Å². The molecule has 3 heterocycles. The molecule has 2 aromatic carbocycles. The van der Waals surface area contributed by atoms with Gasteiger partial charge in [0.2, 0.25) is 0 Å². The van der Waals surface area contributed by atoms with Crippen molar-refractivity contribution in [2.75, 3.05) is 44.9 Å². The number of aromatic nitrogens is 2. The number of hydrogen-bond donors (Lipinski definition) is 0. The summed E-state index contributed by atoms with van der Waals surface area (Å²) in [6, 6.07) is 8.41. The number of carbonyl (C=O) groups excluding carboxylic acids is 1. The Kier molecular flexibility index (Phi) is 7.82. The van der Waals surface area contributed by atoms with Crippen molar-refractivity contribution < 1.29 is 40.6 Å². The molecule has 2 aliphatic rings. The quantitative estimate of drug-likeness (QED) is 0.389. The van der Waals surface area contributed by atoms with Crippen molar-refractivity contribution in [2.45, 2.75) is 31.7 Å². The van der Waals surface area contributed by atoms with E-state index in [0.29, 0.717) is 73.5 Å². The van der Waals surface area contributed by atoms with E-state index in [0.717, 1.165) is 5.56 Å². The Balaban J connectivity index is 1.47. The lowest BCUT2D eigenvalue weighted by atomic mass is 10.0. The summed E-state index contributed by atoms with van der Waals surface area (Å²) in [5.74, 6) is 0.923. The van der Waals surface area contributed by atoms with Crippen LogP contribution in [0.4, 0.5) is 32.2 Å². The predicted octanol–water partition coefficient (Wildman–Crippen LogP) is 5.15. The fourth-order valence-corrected chi connectivity index (χ4v) is 4.92. The van der Waals surface area contributed by atoms with Gasteiger partial charge >= 0.3 is 12.4 Å². The number of carbonyl (C=O) groups is 1. The van der Waals surface area contributed by atoms with Crippen LogP contribution in [0.5, 0.6) is 5.75 Å². The van der Waals surface area contributed by atoms with E-state index < -0.39 is 35.0 Å². The number of alkyl halides is 6. The highest BCUT2D eigenvalue weighted by Gasteiger charge is 2.38. The fraction of sp³-hybridized carbons (Fsp3) is 0.393. The van der Waals surface area contributed by atoms with E-state index in [4.69, 9.17) is 19.4 Å². The molecule has 0 atom stereocenters. The summed E-state index contributed by atoms with van der Waals surface area (Å²) >= 11 is 0. The molecule has 1 saturated heterocycles. The lowest BCUT2D eigenvalue weighted by Gasteiger charge is -2.34. The first-order valence-corrected chi connectivity index (χ1v) is 12.9. The number of benzene rings is 2. The molecule has 7 nitrogen and oxygen atoms in total. The Hall–Kier alpha value is -3.87. The number of anilines is 1. The summed E-state index contributed by atoms with van der Waals surface area (Å²) in [5.41, 5.74) is -1.49. The van der Waals surface area contributed by atoms with Crippen molar-refractivity contribution in [1.29, 1.82) is 0 Å². The van der Waals surface area contributed by atoms with E-state index in [2.05, 4.69) is 0 Å². The molecule has 2 aliphatic heterocycles. The van der Waals surface area contributed by atoms with Gasteiger partial charge < -0.3 is 19.3 Å². The average Bonchev–Trinajstić information content (AvgIpc) is 2.96. The predicted molar refractivity (Wildman–Crippen MR) is 136 cm³/mol. The first kappa shape index (κ1) is 28.7. The third-order valence-corrected chi connectivity index (χ3v) is 7.04. The van der Waals surface area contributed by atoms with Gasteiger partial charge in [-0.15, -0.1) is 0 Å². The van der Waals surface area contributed by atoms with Gasteiger partial charge in [0, 0.05) is 43.6 Å². The summed E-state index contributed by atoms with van der Waals surface area (Å²) in [6.07, 6.45) is -9.41. The number of rotatable bonds is 5. The van der Waals surface area contributed by atoms with Crippen LogP contribution < -0.4 is 9.64 Å². The smallest absolute Gasteiger partial charge is 0.416 e. The second kappa shape index (κ2) is 11.2. The molecule has 1 amide bonds. The number of hydrogen-bond acceptors (Lipinski definition) is 6. The number of halogens is 6. The number of fused-ring (bicyclic) bond motifs is 1. The fourth-order valence-electron chi connectivity index (χ4n) is 4.92. The average molecular weight is 581 g/mol. The van der Waals surface area contributed by atoms with E-state index in [1.165, 1.54) is 4.90 Å². The van der Waals surface area contributed by atoms with Crippen molar-refractivity contribution in [2.24, 2.45) is 0 Å². The number of methoxy groups -OCH3 is 1. The second-order valence-corrected chi connectivity index (χ2v) is 9.78. The van der Waals surface area contributed by atoms with E-state index in [1.807, 2.05) is 29.2 Å². The zero-order chi connectivity index (χ0) is 29.4. The molecule has 1 aromatic heterocycles. The third kappa shape index (κ3) is 6.39. The first-order valence-electron chi connectivity index (χ1n) is 12.9. The minimum atomic E-state index is -5.05. The molecule has 1 fully saturated rings. The summed E-state index contributed by atoms with van der Waals surface area (Å²) in [7, 11) is 1.58. The highest BCUT2D eigenvalue weighted by Crippen LogP contribution is 2.37. The van der Waals surface area contributed by atoms with Gasteiger partial charge in [-0.1, -0.05) is 12.1 Å². The lowest BCUT2D eigenvalue weighted by molar-refractivity contribution is -0.143. The normalized spacial score (nSPS) is 16.0. The second-order valence-electron chi connectivity index (χ2n) is 9.78. The van der Waals surface area contributed by atoms with Crippen LogP contribution in [0.1, 0.15) is 44.1 Å². The maximum absolute atomic E-state index is 13.4. The Morgan fingerprint density at radius 2 is 1.56 bits per heavy atom. The molecule has 218 valence electrons. The number of morpholine rings is 1. The first-order chi connectivity index (χ1) is 19.4. The lowest BCUT2D eigenvalue weighted by Crippen LogP contribution is -2.41. The molecule has 0 N–H and O–H groups in total. The van der Waals surface area contributed by atoms with E-state index in [9.17, 15) is 31.1 Å². The van der Waals surface area contributed by atoms with Gasteiger partial charge in [-0.2, -0.15) is 26.3 Å². The number of ether oxygens (including phenoxy) is 2. The van der Waals surface area contributed by atoms with Gasteiger partial charge in [-0.05, 0) is 35.9 Å². The maximum Gasteiger partial charge on any atom is 0.416 e. The molecular weight excluding hydrogens is 554 g/mol. The van der Waals surface area contributed by atoms with Gasteiger partial charge in [-0.25, -0.2) is 9.97 Å². The van der Waals surface area contributed by atoms with Crippen LogP contribution in [-0.2, 0) is 36.5 Å². The van der Waals surface area contributed by atoms with Gasteiger partial charge in [0.15, 0.2) is 0 Å². The summed E-state index contributed by atoms with van der Waals surface area (Å²) in [4.78, 5) is 26.1. The molecule has 0 saturated carbocycles. The van der Waals surface area contributed by atoms with Crippen LogP contribution in [0, 0.1) is 0 Å². The summed E-state index contributed by atoms with van der Waals surface area (Å²) in [5, 5.41) is 0. The zero-order valence-corrected chi connectivity index (χ0v) is 22.0. The zero-order valence-electron chi connectivity index (χ0n) is 22.0. The van der Waals surface area contributed by atoms with Crippen molar-refractivity contribution in [1.82, 2.24) is 14.9 Å². The minimum Gasteiger partial charge on any atom is -0.497 e.